The summed E-state index contributed by atoms with van der Waals surface area (Å²) in [5.74, 6) is 0.861. The minimum atomic E-state index is 0.0646. The van der Waals surface area contributed by atoms with Crippen molar-refractivity contribution in [3.63, 3.8) is 0 Å². The molecule has 0 aliphatic rings. The molecule has 0 saturated heterocycles. The van der Waals surface area contributed by atoms with Gasteiger partial charge in [0.05, 0.1) is 0 Å². The normalized spacial score (nSPS) is 10.1. The topological polar surface area (TPSA) is 38.3 Å². The van der Waals surface area contributed by atoms with E-state index in [0.717, 1.165) is 29.8 Å². The highest BCUT2D eigenvalue weighted by Crippen LogP contribution is 2.17. The van der Waals surface area contributed by atoms with Crippen molar-refractivity contribution in [3.8, 4) is 5.75 Å². The maximum Gasteiger partial charge on any atom is 0.224 e. The molecule has 0 atom stereocenters. The molecule has 0 unspecified atom stereocenters. The van der Waals surface area contributed by atoms with E-state index in [1.807, 2.05) is 54.6 Å². The smallest absolute Gasteiger partial charge is 0.224 e. The first kappa shape index (κ1) is 15.1. The van der Waals surface area contributed by atoms with Gasteiger partial charge in [-0.25, -0.2) is 0 Å². The van der Waals surface area contributed by atoms with Crippen molar-refractivity contribution < 1.29 is 9.53 Å². The number of nitrogens with one attached hydrogen (secondary N) is 1. The summed E-state index contributed by atoms with van der Waals surface area (Å²) in [6.45, 7) is 2.62. The molecule has 0 aromatic heterocycles. The molecule has 0 aliphatic carbocycles. The Morgan fingerprint density at radius 1 is 1.05 bits per heavy atom. The van der Waals surface area contributed by atoms with Crippen LogP contribution in [0.1, 0.15) is 31.7 Å². The van der Waals surface area contributed by atoms with E-state index in [4.69, 9.17) is 4.74 Å². The lowest BCUT2D eigenvalue weighted by molar-refractivity contribution is -0.116. The van der Waals surface area contributed by atoms with Crippen molar-refractivity contribution in [1.29, 1.82) is 0 Å². The second kappa shape index (κ2) is 8.10. The molecule has 110 valence electrons. The van der Waals surface area contributed by atoms with Crippen LogP contribution in [0.2, 0.25) is 0 Å². The van der Waals surface area contributed by atoms with Gasteiger partial charge >= 0.3 is 0 Å². The molecule has 2 aromatic rings. The van der Waals surface area contributed by atoms with Crippen molar-refractivity contribution in [2.24, 2.45) is 0 Å². The number of hydrogen-bond acceptors (Lipinski definition) is 2. The highest BCUT2D eigenvalue weighted by Gasteiger charge is 2.02. The molecule has 2 rings (SSSR count). The van der Waals surface area contributed by atoms with E-state index in [2.05, 4.69) is 12.2 Å². The Morgan fingerprint density at radius 3 is 2.43 bits per heavy atom. The molecule has 0 radical (unpaired) electrons. The quantitative estimate of drug-likeness (QED) is 0.818. The minimum Gasteiger partial charge on any atom is -0.489 e. The largest absolute Gasteiger partial charge is 0.489 e. The Morgan fingerprint density at radius 2 is 1.76 bits per heavy atom. The van der Waals surface area contributed by atoms with Crippen molar-refractivity contribution in [3.05, 3.63) is 60.2 Å². The molecule has 0 saturated carbocycles. The fourth-order valence-electron chi connectivity index (χ4n) is 1.94. The van der Waals surface area contributed by atoms with E-state index < -0.39 is 0 Å². The predicted molar refractivity (Wildman–Crippen MR) is 85.4 cm³/mol. The molecule has 3 nitrogen and oxygen atoms in total. The van der Waals surface area contributed by atoms with Crippen molar-refractivity contribution >= 4 is 11.6 Å². The van der Waals surface area contributed by atoms with Gasteiger partial charge in [0.1, 0.15) is 12.4 Å². The number of amides is 1. The molecule has 21 heavy (non-hydrogen) atoms. The molecule has 3 heteroatoms. The predicted octanol–water partition coefficient (Wildman–Crippen LogP) is 4.39. The third kappa shape index (κ3) is 5.30. The van der Waals surface area contributed by atoms with Crippen LogP contribution in [0.5, 0.6) is 5.75 Å². The van der Waals surface area contributed by atoms with Crippen LogP contribution in [0, 0.1) is 0 Å². The van der Waals surface area contributed by atoms with Gasteiger partial charge in [0.15, 0.2) is 0 Å². The Bertz CT molecular complexity index is 549. The Hall–Kier alpha value is -2.29. The maximum absolute atomic E-state index is 11.6. The highest BCUT2D eigenvalue weighted by atomic mass is 16.5. The Kier molecular flexibility index (Phi) is 5.83. The van der Waals surface area contributed by atoms with Gasteiger partial charge in [0, 0.05) is 12.1 Å². The fraction of sp³-hybridized carbons (Fsp3) is 0.278. The number of carbonyl (C=O) groups excluding carboxylic acids is 1. The number of anilines is 1. The first-order valence-corrected chi connectivity index (χ1v) is 7.34. The third-order valence-corrected chi connectivity index (χ3v) is 3.14. The van der Waals surface area contributed by atoms with Gasteiger partial charge in [0.2, 0.25) is 5.91 Å². The number of unbranched alkanes of at least 4 members (excludes halogenated alkanes) is 1. The van der Waals surface area contributed by atoms with E-state index in [1.165, 1.54) is 0 Å². The van der Waals surface area contributed by atoms with E-state index in [1.54, 1.807) is 0 Å². The van der Waals surface area contributed by atoms with Crippen LogP contribution in [0.25, 0.3) is 0 Å². The first-order valence-electron chi connectivity index (χ1n) is 7.34. The number of rotatable bonds is 7. The summed E-state index contributed by atoms with van der Waals surface area (Å²) < 4.78 is 5.70. The number of ether oxygens (including phenoxy) is 1. The summed E-state index contributed by atoms with van der Waals surface area (Å²) in [5, 5.41) is 2.88. The lowest BCUT2D eigenvalue weighted by Gasteiger charge is -2.08. The molecule has 2 aromatic carbocycles. The first-order chi connectivity index (χ1) is 10.3. The standard InChI is InChI=1S/C18H21NO2/c1-2-3-9-18(20)19-16-10-12-17(13-11-16)21-14-15-7-5-4-6-8-15/h4-8,10-13H,2-3,9,14H2,1H3,(H,19,20). The van der Waals surface area contributed by atoms with E-state index in [9.17, 15) is 4.79 Å². The second-order valence-electron chi connectivity index (χ2n) is 4.95. The summed E-state index contributed by atoms with van der Waals surface area (Å²) in [6.07, 6.45) is 2.52. The van der Waals surface area contributed by atoms with Crippen LogP contribution >= 0.6 is 0 Å². The Balaban J connectivity index is 1.83. The molecular formula is C18H21NO2. The summed E-state index contributed by atoms with van der Waals surface area (Å²) in [4.78, 5) is 11.6. The van der Waals surface area contributed by atoms with E-state index in [0.29, 0.717) is 13.0 Å². The summed E-state index contributed by atoms with van der Waals surface area (Å²) in [7, 11) is 0. The van der Waals surface area contributed by atoms with Crippen LogP contribution in [-0.4, -0.2) is 5.91 Å². The SMILES string of the molecule is CCCCC(=O)Nc1ccc(OCc2ccccc2)cc1. The molecular weight excluding hydrogens is 262 g/mol. The second-order valence-corrected chi connectivity index (χ2v) is 4.95. The van der Waals surface area contributed by atoms with Crippen molar-refractivity contribution in [1.82, 2.24) is 0 Å². The van der Waals surface area contributed by atoms with Crippen LogP contribution in [-0.2, 0) is 11.4 Å². The fourth-order valence-corrected chi connectivity index (χ4v) is 1.94. The molecule has 0 bridgehead atoms. The monoisotopic (exact) mass is 283 g/mol. The van der Waals surface area contributed by atoms with E-state index in [-0.39, 0.29) is 5.91 Å². The Labute approximate surface area is 126 Å². The zero-order valence-corrected chi connectivity index (χ0v) is 12.3. The summed E-state index contributed by atoms with van der Waals surface area (Å²) >= 11 is 0. The molecule has 1 amide bonds. The van der Waals surface area contributed by atoms with Crippen LogP contribution < -0.4 is 10.1 Å². The van der Waals surface area contributed by atoms with Gasteiger partial charge in [0.25, 0.3) is 0 Å². The molecule has 0 fully saturated rings. The zero-order chi connectivity index (χ0) is 14.9. The number of hydrogen-bond donors (Lipinski definition) is 1. The molecule has 1 N–H and O–H groups in total. The lowest BCUT2D eigenvalue weighted by atomic mass is 10.2. The molecule has 0 spiro atoms. The maximum atomic E-state index is 11.6. The van der Waals surface area contributed by atoms with Crippen molar-refractivity contribution in [2.45, 2.75) is 32.8 Å². The van der Waals surface area contributed by atoms with Crippen molar-refractivity contribution in [2.75, 3.05) is 5.32 Å². The minimum absolute atomic E-state index is 0.0646. The van der Waals surface area contributed by atoms with Crippen LogP contribution in [0.15, 0.2) is 54.6 Å². The average molecular weight is 283 g/mol. The average Bonchev–Trinajstić information content (AvgIpc) is 2.53. The number of benzene rings is 2. The number of carbonyl (C=O) groups is 1. The van der Waals surface area contributed by atoms with Gasteiger partial charge in [-0.2, -0.15) is 0 Å². The van der Waals surface area contributed by atoms with Crippen LogP contribution in [0.3, 0.4) is 0 Å². The summed E-state index contributed by atoms with van der Waals surface area (Å²) in [6, 6.07) is 17.5. The summed E-state index contributed by atoms with van der Waals surface area (Å²) in [5.41, 5.74) is 1.94. The van der Waals surface area contributed by atoms with Gasteiger partial charge < -0.3 is 10.1 Å². The van der Waals surface area contributed by atoms with Crippen LogP contribution in [0.4, 0.5) is 5.69 Å². The molecule has 0 heterocycles. The van der Waals surface area contributed by atoms with Gasteiger partial charge in [-0.1, -0.05) is 43.7 Å². The third-order valence-electron chi connectivity index (χ3n) is 3.14. The zero-order valence-electron chi connectivity index (χ0n) is 12.3. The molecule has 0 aliphatic heterocycles. The van der Waals surface area contributed by atoms with Gasteiger partial charge in [-0.05, 0) is 36.2 Å². The van der Waals surface area contributed by atoms with Gasteiger partial charge in [-0.15, -0.1) is 0 Å². The van der Waals surface area contributed by atoms with E-state index >= 15 is 0 Å². The highest BCUT2D eigenvalue weighted by molar-refractivity contribution is 5.90. The van der Waals surface area contributed by atoms with Gasteiger partial charge in [-0.3, -0.25) is 4.79 Å². The lowest BCUT2D eigenvalue weighted by Crippen LogP contribution is -2.10.